The summed E-state index contributed by atoms with van der Waals surface area (Å²) in [5, 5.41) is 3.03. The van der Waals surface area contributed by atoms with E-state index in [1.165, 1.54) is 24.8 Å². The summed E-state index contributed by atoms with van der Waals surface area (Å²) in [5.74, 6) is -0.0649. The standard InChI is InChI=1S/C16H23BrN2O/c1-12(18)15(20)19-11-16(8-3-2-4-9-16)13-6-5-7-14(17)10-13/h5-7,10,12H,2-4,8-9,11,18H2,1H3,(H,19,20)/t12-/m0/s1. The van der Waals surface area contributed by atoms with Crippen molar-refractivity contribution in [3.8, 4) is 0 Å². The molecule has 0 heterocycles. The number of benzene rings is 1. The van der Waals surface area contributed by atoms with E-state index in [1.807, 2.05) is 6.07 Å². The van der Waals surface area contributed by atoms with Gasteiger partial charge >= 0.3 is 0 Å². The lowest BCUT2D eigenvalue weighted by Crippen LogP contribution is -2.46. The average Bonchev–Trinajstić information content (AvgIpc) is 2.45. The Balaban J connectivity index is 2.19. The smallest absolute Gasteiger partial charge is 0.236 e. The molecule has 3 nitrogen and oxygen atoms in total. The van der Waals surface area contributed by atoms with E-state index in [0.717, 1.165) is 17.3 Å². The summed E-state index contributed by atoms with van der Waals surface area (Å²) in [7, 11) is 0. The third kappa shape index (κ3) is 3.61. The number of amides is 1. The molecule has 20 heavy (non-hydrogen) atoms. The van der Waals surface area contributed by atoms with Crippen molar-refractivity contribution in [2.45, 2.75) is 50.5 Å². The second kappa shape index (κ2) is 6.72. The van der Waals surface area contributed by atoms with Crippen molar-refractivity contribution in [3.05, 3.63) is 34.3 Å². The molecule has 0 spiro atoms. The van der Waals surface area contributed by atoms with Gasteiger partial charge in [-0.2, -0.15) is 0 Å². The lowest BCUT2D eigenvalue weighted by molar-refractivity contribution is -0.122. The molecule has 1 aliphatic carbocycles. The molecule has 3 N–H and O–H groups in total. The van der Waals surface area contributed by atoms with Crippen LogP contribution in [0.5, 0.6) is 0 Å². The van der Waals surface area contributed by atoms with Crippen LogP contribution >= 0.6 is 15.9 Å². The van der Waals surface area contributed by atoms with Gasteiger partial charge in [-0.3, -0.25) is 4.79 Å². The van der Waals surface area contributed by atoms with Crippen molar-refractivity contribution < 1.29 is 4.79 Å². The molecule has 0 aromatic heterocycles. The van der Waals surface area contributed by atoms with Crippen LogP contribution in [0.4, 0.5) is 0 Å². The van der Waals surface area contributed by atoms with E-state index in [1.54, 1.807) is 6.92 Å². The van der Waals surface area contributed by atoms with Gasteiger partial charge in [-0.25, -0.2) is 0 Å². The Morgan fingerprint density at radius 2 is 2.10 bits per heavy atom. The van der Waals surface area contributed by atoms with Crippen LogP contribution in [0.25, 0.3) is 0 Å². The van der Waals surface area contributed by atoms with Gasteiger partial charge in [0.25, 0.3) is 0 Å². The van der Waals surface area contributed by atoms with Crippen LogP contribution < -0.4 is 11.1 Å². The SMILES string of the molecule is C[C@H](N)C(=O)NCC1(c2cccc(Br)c2)CCCCC1. The van der Waals surface area contributed by atoms with E-state index in [2.05, 4.69) is 39.4 Å². The van der Waals surface area contributed by atoms with Gasteiger partial charge in [0.2, 0.25) is 5.91 Å². The molecule has 0 radical (unpaired) electrons. The zero-order valence-electron chi connectivity index (χ0n) is 12.0. The first-order valence-electron chi connectivity index (χ1n) is 7.33. The largest absolute Gasteiger partial charge is 0.354 e. The van der Waals surface area contributed by atoms with Crippen molar-refractivity contribution in [1.82, 2.24) is 5.32 Å². The Kier molecular flexibility index (Phi) is 5.22. The highest BCUT2D eigenvalue weighted by Crippen LogP contribution is 2.39. The second-order valence-electron chi connectivity index (χ2n) is 5.86. The summed E-state index contributed by atoms with van der Waals surface area (Å²) >= 11 is 3.55. The number of carbonyl (C=O) groups is 1. The average molecular weight is 339 g/mol. The molecule has 0 bridgehead atoms. The minimum absolute atomic E-state index is 0.0621. The van der Waals surface area contributed by atoms with Crippen molar-refractivity contribution in [2.75, 3.05) is 6.54 Å². The fraction of sp³-hybridized carbons (Fsp3) is 0.562. The molecule has 1 atom stereocenters. The number of hydrogen-bond donors (Lipinski definition) is 2. The van der Waals surface area contributed by atoms with Gasteiger partial charge in [0.1, 0.15) is 0 Å². The highest BCUT2D eigenvalue weighted by atomic mass is 79.9. The molecular weight excluding hydrogens is 316 g/mol. The Hall–Kier alpha value is -0.870. The Morgan fingerprint density at radius 3 is 2.70 bits per heavy atom. The van der Waals surface area contributed by atoms with Crippen LogP contribution in [0, 0.1) is 0 Å². The Labute approximate surface area is 129 Å². The molecule has 4 heteroatoms. The molecular formula is C16H23BrN2O. The zero-order valence-corrected chi connectivity index (χ0v) is 13.6. The summed E-state index contributed by atoms with van der Waals surface area (Å²) in [6, 6.07) is 8.03. The summed E-state index contributed by atoms with van der Waals surface area (Å²) < 4.78 is 1.10. The summed E-state index contributed by atoms with van der Waals surface area (Å²) in [6.45, 7) is 2.41. The predicted molar refractivity (Wildman–Crippen MR) is 85.6 cm³/mol. The van der Waals surface area contributed by atoms with E-state index in [-0.39, 0.29) is 11.3 Å². The molecule has 2 rings (SSSR count). The van der Waals surface area contributed by atoms with Gasteiger partial charge in [0.05, 0.1) is 6.04 Å². The molecule has 0 unspecified atom stereocenters. The normalized spacial score (nSPS) is 19.4. The fourth-order valence-electron chi connectivity index (χ4n) is 3.03. The first-order valence-corrected chi connectivity index (χ1v) is 8.12. The monoisotopic (exact) mass is 338 g/mol. The van der Waals surface area contributed by atoms with Gasteiger partial charge in [-0.1, -0.05) is 47.3 Å². The van der Waals surface area contributed by atoms with Crippen LogP contribution in [0.1, 0.15) is 44.6 Å². The molecule has 0 aliphatic heterocycles. The van der Waals surface area contributed by atoms with Crippen LogP contribution in [0.15, 0.2) is 28.7 Å². The first kappa shape index (κ1) is 15.5. The maximum Gasteiger partial charge on any atom is 0.236 e. The second-order valence-corrected chi connectivity index (χ2v) is 6.77. The Morgan fingerprint density at radius 1 is 1.40 bits per heavy atom. The molecule has 1 aliphatic rings. The number of nitrogens with one attached hydrogen (secondary N) is 1. The highest BCUT2D eigenvalue weighted by molar-refractivity contribution is 9.10. The summed E-state index contributed by atoms with van der Waals surface area (Å²) in [6.07, 6.45) is 5.99. The summed E-state index contributed by atoms with van der Waals surface area (Å²) in [5.41, 5.74) is 7.02. The third-order valence-corrected chi connectivity index (χ3v) is 4.76. The lowest BCUT2D eigenvalue weighted by Gasteiger charge is -2.38. The molecule has 1 aromatic rings. The minimum Gasteiger partial charge on any atom is -0.354 e. The molecule has 1 saturated carbocycles. The van der Waals surface area contributed by atoms with E-state index in [0.29, 0.717) is 6.54 Å². The zero-order chi connectivity index (χ0) is 14.6. The topological polar surface area (TPSA) is 55.1 Å². The van der Waals surface area contributed by atoms with Crippen LogP contribution in [-0.2, 0) is 10.2 Å². The highest BCUT2D eigenvalue weighted by Gasteiger charge is 2.34. The van der Waals surface area contributed by atoms with E-state index < -0.39 is 6.04 Å². The number of nitrogens with two attached hydrogens (primary N) is 1. The quantitative estimate of drug-likeness (QED) is 0.886. The van der Waals surface area contributed by atoms with Crippen LogP contribution in [0.2, 0.25) is 0 Å². The van der Waals surface area contributed by atoms with Crippen LogP contribution in [-0.4, -0.2) is 18.5 Å². The van der Waals surface area contributed by atoms with E-state index >= 15 is 0 Å². The fourth-order valence-corrected chi connectivity index (χ4v) is 3.43. The number of carbonyl (C=O) groups excluding carboxylic acids is 1. The van der Waals surface area contributed by atoms with Crippen molar-refractivity contribution in [2.24, 2.45) is 5.73 Å². The van der Waals surface area contributed by atoms with Crippen molar-refractivity contribution >= 4 is 21.8 Å². The van der Waals surface area contributed by atoms with Gasteiger partial charge in [-0.15, -0.1) is 0 Å². The maximum atomic E-state index is 11.8. The van der Waals surface area contributed by atoms with Crippen LogP contribution in [0.3, 0.4) is 0 Å². The molecule has 110 valence electrons. The lowest BCUT2D eigenvalue weighted by atomic mass is 9.69. The van der Waals surface area contributed by atoms with Gasteiger partial charge in [0.15, 0.2) is 0 Å². The molecule has 0 saturated heterocycles. The number of halogens is 1. The number of hydrogen-bond acceptors (Lipinski definition) is 2. The molecule has 1 fully saturated rings. The minimum atomic E-state index is -0.446. The maximum absolute atomic E-state index is 11.8. The van der Waals surface area contributed by atoms with E-state index in [4.69, 9.17) is 5.73 Å². The predicted octanol–water partition coefficient (Wildman–Crippen LogP) is 3.11. The van der Waals surface area contributed by atoms with E-state index in [9.17, 15) is 4.79 Å². The number of rotatable bonds is 4. The Bertz CT molecular complexity index is 467. The van der Waals surface area contributed by atoms with Gasteiger partial charge < -0.3 is 11.1 Å². The van der Waals surface area contributed by atoms with Crippen molar-refractivity contribution in [3.63, 3.8) is 0 Å². The third-order valence-electron chi connectivity index (χ3n) is 4.26. The van der Waals surface area contributed by atoms with Crippen molar-refractivity contribution in [1.29, 1.82) is 0 Å². The van der Waals surface area contributed by atoms with Gasteiger partial charge in [-0.05, 0) is 37.5 Å². The van der Waals surface area contributed by atoms with Gasteiger partial charge in [0, 0.05) is 16.4 Å². The first-order chi connectivity index (χ1) is 9.53. The molecule has 1 amide bonds. The molecule has 1 aromatic carbocycles. The summed E-state index contributed by atoms with van der Waals surface area (Å²) in [4.78, 5) is 11.8.